The summed E-state index contributed by atoms with van der Waals surface area (Å²) in [6, 6.07) is 5.84. The fourth-order valence-electron chi connectivity index (χ4n) is 1.73. The van der Waals surface area contributed by atoms with Crippen molar-refractivity contribution in [3.8, 4) is 0 Å². The molecule has 1 N–H and O–H groups in total. The smallest absolute Gasteiger partial charge is 0.314 e. The van der Waals surface area contributed by atoms with E-state index in [9.17, 15) is 13.2 Å². The number of benzene rings is 1. The molecule has 0 saturated carbocycles. The second kappa shape index (κ2) is 5.31. The summed E-state index contributed by atoms with van der Waals surface area (Å²) in [5.41, 5.74) is -0.0906. The first-order valence-electron chi connectivity index (χ1n) is 5.55. The third kappa shape index (κ3) is 3.39. The van der Waals surface area contributed by atoms with Crippen molar-refractivity contribution in [3.05, 3.63) is 35.4 Å². The standard InChI is InChI=1S/C12H14F3NS/c13-12(14,15)11-4-2-1-3-9(11)5-6-17-10-7-16-8-10/h1-4,10,16H,5-8H2. The lowest BCUT2D eigenvalue weighted by Gasteiger charge is -2.26. The van der Waals surface area contributed by atoms with Crippen LogP contribution in [0.3, 0.4) is 0 Å². The molecule has 1 fully saturated rings. The van der Waals surface area contributed by atoms with Gasteiger partial charge in [-0.05, 0) is 23.8 Å². The number of thioether (sulfide) groups is 1. The molecule has 2 rings (SSSR count). The SMILES string of the molecule is FC(F)(F)c1ccccc1CCSC1CNC1. The van der Waals surface area contributed by atoms with Crippen LogP contribution in [0.1, 0.15) is 11.1 Å². The average Bonchev–Trinajstić information content (AvgIpc) is 2.21. The largest absolute Gasteiger partial charge is 0.416 e. The van der Waals surface area contributed by atoms with Crippen molar-refractivity contribution in [3.63, 3.8) is 0 Å². The van der Waals surface area contributed by atoms with Gasteiger partial charge < -0.3 is 5.32 Å². The van der Waals surface area contributed by atoms with E-state index < -0.39 is 11.7 Å². The van der Waals surface area contributed by atoms with Crippen LogP contribution in [0.15, 0.2) is 24.3 Å². The summed E-state index contributed by atoms with van der Waals surface area (Å²) in [6.45, 7) is 1.96. The molecule has 0 atom stereocenters. The molecule has 1 heterocycles. The van der Waals surface area contributed by atoms with Gasteiger partial charge in [-0.15, -0.1) is 0 Å². The maximum Gasteiger partial charge on any atom is 0.416 e. The predicted molar refractivity (Wildman–Crippen MR) is 64.3 cm³/mol. The minimum absolute atomic E-state index is 0.403. The number of aryl methyl sites for hydroxylation is 1. The molecule has 0 aromatic heterocycles. The Balaban J connectivity index is 1.94. The molecule has 94 valence electrons. The van der Waals surface area contributed by atoms with Gasteiger partial charge in [0.25, 0.3) is 0 Å². The van der Waals surface area contributed by atoms with E-state index in [1.807, 2.05) is 0 Å². The molecule has 0 aliphatic carbocycles. The van der Waals surface area contributed by atoms with E-state index in [4.69, 9.17) is 0 Å². The zero-order valence-electron chi connectivity index (χ0n) is 9.26. The van der Waals surface area contributed by atoms with Crippen LogP contribution in [0.2, 0.25) is 0 Å². The number of hydrogen-bond donors (Lipinski definition) is 1. The number of halogens is 3. The second-order valence-electron chi connectivity index (χ2n) is 4.06. The van der Waals surface area contributed by atoms with Crippen molar-refractivity contribution in [1.29, 1.82) is 0 Å². The molecule has 1 aromatic rings. The van der Waals surface area contributed by atoms with Crippen LogP contribution in [-0.4, -0.2) is 24.1 Å². The lowest BCUT2D eigenvalue weighted by atomic mass is 10.1. The quantitative estimate of drug-likeness (QED) is 0.894. The first kappa shape index (κ1) is 12.8. The van der Waals surface area contributed by atoms with Crippen LogP contribution >= 0.6 is 11.8 Å². The van der Waals surface area contributed by atoms with Crippen molar-refractivity contribution in [2.75, 3.05) is 18.8 Å². The van der Waals surface area contributed by atoms with E-state index in [0.29, 0.717) is 17.2 Å². The molecular weight excluding hydrogens is 247 g/mol. The molecule has 1 saturated heterocycles. The maximum atomic E-state index is 12.7. The topological polar surface area (TPSA) is 12.0 Å². The first-order chi connectivity index (χ1) is 8.07. The molecule has 0 bridgehead atoms. The minimum atomic E-state index is -4.24. The van der Waals surface area contributed by atoms with Crippen molar-refractivity contribution in [2.45, 2.75) is 17.8 Å². The zero-order chi connectivity index (χ0) is 12.3. The number of rotatable bonds is 4. The predicted octanol–water partition coefficient (Wildman–Crippen LogP) is 2.95. The van der Waals surface area contributed by atoms with Crippen molar-refractivity contribution in [2.24, 2.45) is 0 Å². The Morgan fingerprint density at radius 2 is 1.94 bits per heavy atom. The lowest BCUT2D eigenvalue weighted by molar-refractivity contribution is -0.138. The molecular formula is C12H14F3NS. The Labute approximate surface area is 103 Å². The maximum absolute atomic E-state index is 12.7. The van der Waals surface area contributed by atoms with Crippen LogP contribution in [-0.2, 0) is 12.6 Å². The van der Waals surface area contributed by atoms with Gasteiger partial charge in [0.05, 0.1) is 5.56 Å². The van der Waals surface area contributed by atoms with E-state index in [0.717, 1.165) is 24.9 Å². The van der Waals surface area contributed by atoms with Gasteiger partial charge in [0.15, 0.2) is 0 Å². The van der Waals surface area contributed by atoms with Gasteiger partial charge in [-0.3, -0.25) is 0 Å². The van der Waals surface area contributed by atoms with Gasteiger partial charge in [-0.25, -0.2) is 0 Å². The van der Waals surface area contributed by atoms with Gasteiger partial charge in [0.1, 0.15) is 0 Å². The Hall–Kier alpha value is -0.680. The molecule has 0 spiro atoms. The Bertz CT molecular complexity index is 374. The van der Waals surface area contributed by atoms with Crippen LogP contribution < -0.4 is 5.32 Å². The molecule has 0 unspecified atom stereocenters. The molecule has 1 aliphatic rings. The monoisotopic (exact) mass is 261 g/mol. The highest BCUT2D eigenvalue weighted by molar-refractivity contribution is 8.00. The molecule has 1 aromatic carbocycles. The first-order valence-corrected chi connectivity index (χ1v) is 6.59. The van der Waals surface area contributed by atoms with E-state index in [1.165, 1.54) is 6.07 Å². The summed E-state index contributed by atoms with van der Waals surface area (Å²) < 4.78 is 38.1. The van der Waals surface area contributed by atoms with Crippen LogP contribution in [0.5, 0.6) is 0 Å². The molecule has 1 aliphatic heterocycles. The van der Waals surface area contributed by atoms with Gasteiger partial charge in [-0.1, -0.05) is 18.2 Å². The van der Waals surface area contributed by atoms with E-state index in [-0.39, 0.29) is 0 Å². The van der Waals surface area contributed by atoms with Crippen LogP contribution in [0.4, 0.5) is 13.2 Å². The Kier molecular flexibility index (Phi) is 3.99. The second-order valence-corrected chi connectivity index (χ2v) is 5.46. The van der Waals surface area contributed by atoms with Gasteiger partial charge >= 0.3 is 6.18 Å². The third-order valence-electron chi connectivity index (χ3n) is 2.79. The molecule has 0 radical (unpaired) electrons. The number of alkyl halides is 3. The van der Waals surface area contributed by atoms with Crippen LogP contribution in [0, 0.1) is 0 Å². The summed E-state index contributed by atoms with van der Waals surface area (Å²) in [4.78, 5) is 0. The van der Waals surface area contributed by atoms with E-state index in [2.05, 4.69) is 5.32 Å². The highest BCUT2D eigenvalue weighted by Crippen LogP contribution is 2.32. The van der Waals surface area contributed by atoms with Crippen molar-refractivity contribution >= 4 is 11.8 Å². The summed E-state index contributed by atoms with van der Waals surface area (Å²) in [7, 11) is 0. The fourth-order valence-corrected chi connectivity index (χ4v) is 2.87. The summed E-state index contributed by atoms with van der Waals surface area (Å²) in [5, 5.41) is 3.72. The van der Waals surface area contributed by atoms with E-state index in [1.54, 1.807) is 23.9 Å². The summed E-state index contributed by atoms with van der Waals surface area (Å²) in [5.74, 6) is 0.749. The average molecular weight is 261 g/mol. The number of hydrogen-bond acceptors (Lipinski definition) is 2. The number of nitrogens with one attached hydrogen (secondary N) is 1. The molecule has 5 heteroatoms. The van der Waals surface area contributed by atoms with Crippen molar-refractivity contribution in [1.82, 2.24) is 5.32 Å². The Morgan fingerprint density at radius 1 is 1.24 bits per heavy atom. The normalized spacial score (nSPS) is 16.9. The highest BCUT2D eigenvalue weighted by Gasteiger charge is 2.32. The summed E-state index contributed by atoms with van der Waals surface area (Å²) in [6.07, 6.45) is -3.75. The lowest BCUT2D eigenvalue weighted by Crippen LogP contribution is -2.44. The summed E-state index contributed by atoms with van der Waals surface area (Å²) >= 11 is 1.75. The van der Waals surface area contributed by atoms with Crippen molar-refractivity contribution < 1.29 is 13.2 Å². The third-order valence-corrected chi connectivity index (χ3v) is 4.04. The van der Waals surface area contributed by atoms with Gasteiger partial charge in [0.2, 0.25) is 0 Å². The molecule has 0 amide bonds. The Morgan fingerprint density at radius 3 is 2.53 bits per heavy atom. The van der Waals surface area contributed by atoms with Gasteiger partial charge in [0, 0.05) is 18.3 Å². The zero-order valence-corrected chi connectivity index (χ0v) is 10.1. The van der Waals surface area contributed by atoms with Crippen LogP contribution in [0.25, 0.3) is 0 Å². The minimum Gasteiger partial charge on any atom is -0.314 e. The molecule has 1 nitrogen and oxygen atoms in total. The van der Waals surface area contributed by atoms with E-state index >= 15 is 0 Å². The highest BCUT2D eigenvalue weighted by atomic mass is 32.2. The fraction of sp³-hybridized carbons (Fsp3) is 0.500. The van der Waals surface area contributed by atoms with Gasteiger partial charge in [-0.2, -0.15) is 24.9 Å². The molecule has 17 heavy (non-hydrogen) atoms.